The molecule has 1 aliphatic rings. The Morgan fingerprint density at radius 2 is 2.25 bits per heavy atom. The average Bonchev–Trinajstić information content (AvgIpc) is 2.57. The number of hydrogen-bond acceptors (Lipinski definition) is 5. The maximum atomic E-state index is 11.2. The van der Waals surface area contributed by atoms with Crippen LogP contribution in [0, 0.1) is 0 Å². The van der Waals surface area contributed by atoms with Crippen LogP contribution in [0.4, 0.5) is 4.79 Å². The number of carbonyl (C=O) groups excluding carboxylic acids is 3. The van der Waals surface area contributed by atoms with Crippen molar-refractivity contribution in [2.45, 2.75) is 6.10 Å². The highest BCUT2D eigenvalue weighted by atomic mass is 16.3. The second-order valence-corrected chi connectivity index (χ2v) is 3.28. The topological polar surface area (TPSA) is 119 Å². The van der Waals surface area contributed by atoms with Crippen molar-refractivity contribution in [1.29, 1.82) is 0 Å². The maximum Gasteiger partial charge on any atom is 0.325 e. The minimum absolute atomic E-state index is 0.106. The lowest BCUT2D eigenvalue weighted by molar-refractivity contribution is -0.130. The van der Waals surface area contributed by atoms with Crippen LogP contribution < -0.4 is 10.6 Å². The van der Waals surface area contributed by atoms with Crippen LogP contribution in [0.1, 0.15) is 0 Å². The average molecular weight is 231 g/mol. The van der Waals surface area contributed by atoms with E-state index in [1.807, 2.05) is 0 Å². The van der Waals surface area contributed by atoms with Crippen LogP contribution in [0.3, 0.4) is 0 Å². The van der Waals surface area contributed by atoms with Gasteiger partial charge in [0, 0.05) is 6.54 Å². The first kappa shape index (κ1) is 12.4. The summed E-state index contributed by atoms with van der Waals surface area (Å²) in [5, 5.41) is 22.0. The molecule has 1 atom stereocenters. The summed E-state index contributed by atoms with van der Waals surface area (Å²) in [6, 6.07) is -0.608. The largest absolute Gasteiger partial charge is 0.394 e. The van der Waals surface area contributed by atoms with Gasteiger partial charge in [0.15, 0.2) is 0 Å². The Balaban J connectivity index is 2.34. The number of hydrogen-bond donors (Lipinski definition) is 4. The summed E-state index contributed by atoms with van der Waals surface area (Å²) in [6.07, 6.45) is -1.05. The standard InChI is InChI=1S/C8H13N3O5/c12-4-5(13)1-9-6(14)3-11-7(15)2-10-8(11)16/h5,12-13H,1-4H2,(H,9,14)(H,10,16). The van der Waals surface area contributed by atoms with Gasteiger partial charge in [-0.15, -0.1) is 0 Å². The van der Waals surface area contributed by atoms with E-state index in [0.717, 1.165) is 4.90 Å². The van der Waals surface area contributed by atoms with Gasteiger partial charge in [0.1, 0.15) is 6.54 Å². The van der Waals surface area contributed by atoms with Gasteiger partial charge in [0.25, 0.3) is 5.91 Å². The molecule has 8 nitrogen and oxygen atoms in total. The number of rotatable bonds is 5. The van der Waals surface area contributed by atoms with Crippen LogP contribution in [-0.4, -0.2) is 65.3 Å². The quantitative estimate of drug-likeness (QED) is 0.376. The highest BCUT2D eigenvalue weighted by Gasteiger charge is 2.29. The number of nitrogens with zero attached hydrogens (tertiary/aromatic N) is 1. The van der Waals surface area contributed by atoms with E-state index in [1.165, 1.54) is 0 Å². The summed E-state index contributed by atoms with van der Waals surface area (Å²) in [7, 11) is 0. The van der Waals surface area contributed by atoms with Gasteiger partial charge in [-0.2, -0.15) is 0 Å². The fraction of sp³-hybridized carbons (Fsp3) is 0.625. The molecule has 1 heterocycles. The van der Waals surface area contributed by atoms with Gasteiger partial charge in [0.2, 0.25) is 5.91 Å². The molecule has 1 rings (SSSR count). The van der Waals surface area contributed by atoms with Gasteiger partial charge >= 0.3 is 6.03 Å². The number of amides is 4. The van der Waals surface area contributed by atoms with Crippen molar-refractivity contribution in [3.8, 4) is 0 Å². The van der Waals surface area contributed by atoms with Crippen molar-refractivity contribution in [2.24, 2.45) is 0 Å². The van der Waals surface area contributed by atoms with Crippen LogP contribution in [0.15, 0.2) is 0 Å². The number of carbonyl (C=O) groups is 3. The van der Waals surface area contributed by atoms with Gasteiger partial charge in [-0.3, -0.25) is 14.5 Å². The fourth-order valence-corrected chi connectivity index (χ4v) is 1.11. The maximum absolute atomic E-state index is 11.2. The molecular weight excluding hydrogens is 218 g/mol. The zero-order valence-electron chi connectivity index (χ0n) is 8.47. The summed E-state index contributed by atoms with van der Waals surface area (Å²) < 4.78 is 0. The first-order valence-corrected chi connectivity index (χ1v) is 4.68. The molecule has 0 saturated carbocycles. The van der Waals surface area contributed by atoms with Crippen molar-refractivity contribution in [2.75, 3.05) is 26.2 Å². The van der Waals surface area contributed by atoms with Crippen molar-refractivity contribution in [3.63, 3.8) is 0 Å². The van der Waals surface area contributed by atoms with Crippen molar-refractivity contribution >= 4 is 17.8 Å². The predicted molar refractivity (Wildman–Crippen MR) is 51.2 cm³/mol. The Labute approximate surface area is 91.2 Å². The van der Waals surface area contributed by atoms with Crippen molar-refractivity contribution in [3.05, 3.63) is 0 Å². The Kier molecular flexibility index (Phi) is 4.20. The molecule has 1 fully saturated rings. The Morgan fingerprint density at radius 1 is 1.56 bits per heavy atom. The van der Waals surface area contributed by atoms with E-state index in [2.05, 4.69) is 10.6 Å². The van der Waals surface area contributed by atoms with Crippen LogP contribution in [0.25, 0.3) is 0 Å². The Bertz CT molecular complexity index is 290. The third-order valence-corrected chi connectivity index (χ3v) is 1.98. The van der Waals surface area contributed by atoms with Gasteiger partial charge in [-0.25, -0.2) is 4.79 Å². The zero-order chi connectivity index (χ0) is 12.1. The molecule has 4 N–H and O–H groups in total. The van der Waals surface area contributed by atoms with E-state index in [4.69, 9.17) is 10.2 Å². The molecule has 0 aromatic heterocycles. The number of aliphatic hydroxyl groups excluding tert-OH is 2. The number of aliphatic hydroxyl groups is 2. The zero-order valence-corrected chi connectivity index (χ0v) is 8.47. The second kappa shape index (κ2) is 5.42. The molecule has 16 heavy (non-hydrogen) atoms. The number of urea groups is 1. The first-order valence-electron chi connectivity index (χ1n) is 4.68. The van der Waals surface area contributed by atoms with Gasteiger partial charge in [0.05, 0.1) is 19.3 Å². The summed E-state index contributed by atoms with van der Waals surface area (Å²) in [5.74, 6) is -1.04. The van der Waals surface area contributed by atoms with Crippen LogP contribution in [0.5, 0.6) is 0 Å². The SMILES string of the molecule is O=C(CN1C(=O)CNC1=O)NCC(O)CO. The van der Waals surface area contributed by atoms with E-state index >= 15 is 0 Å². The molecule has 0 bridgehead atoms. The lowest BCUT2D eigenvalue weighted by Crippen LogP contribution is -2.43. The Hall–Kier alpha value is -1.67. The molecule has 0 aliphatic carbocycles. The van der Waals surface area contributed by atoms with Crippen molar-refractivity contribution in [1.82, 2.24) is 15.5 Å². The molecule has 90 valence electrons. The molecule has 0 radical (unpaired) electrons. The lowest BCUT2D eigenvalue weighted by atomic mass is 10.3. The molecule has 0 spiro atoms. The molecule has 8 heteroatoms. The third kappa shape index (κ3) is 3.17. The van der Waals surface area contributed by atoms with Gasteiger partial charge in [-0.05, 0) is 0 Å². The molecule has 1 unspecified atom stereocenters. The van der Waals surface area contributed by atoms with Crippen LogP contribution in [-0.2, 0) is 9.59 Å². The monoisotopic (exact) mass is 231 g/mol. The Morgan fingerprint density at radius 3 is 2.75 bits per heavy atom. The smallest absolute Gasteiger partial charge is 0.325 e. The molecule has 4 amide bonds. The second-order valence-electron chi connectivity index (χ2n) is 3.28. The lowest BCUT2D eigenvalue weighted by Gasteiger charge is -2.13. The normalized spacial score (nSPS) is 17.2. The van der Waals surface area contributed by atoms with E-state index < -0.39 is 30.6 Å². The van der Waals surface area contributed by atoms with Crippen molar-refractivity contribution < 1.29 is 24.6 Å². The highest BCUT2D eigenvalue weighted by molar-refractivity contribution is 6.04. The van der Waals surface area contributed by atoms with E-state index in [9.17, 15) is 14.4 Å². The number of imide groups is 1. The van der Waals surface area contributed by atoms with E-state index in [0.29, 0.717) is 0 Å². The van der Waals surface area contributed by atoms with Gasteiger partial charge < -0.3 is 20.8 Å². The summed E-state index contributed by atoms with van der Waals surface area (Å²) in [5.41, 5.74) is 0. The minimum atomic E-state index is -1.05. The van der Waals surface area contributed by atoms with E-state index in [1.54, 1.807) is 0 Å². The summed E-state index contributed by atoms with van der Waals surface area (Å²) >= 11 is 0. The predicted octanol–water partition coefficient (Wildman–Crippen LogP) is -2.99. The summed E-state index contributed by atoms with van der Waals surface area (Å²) in [4.78, 5) is 34.1. The number of nitrogens with one attached hydrogen (secondary N) is 2. The highest BCUT2D eigenvalue weighted by Crippen LogP contribution is 1.97. The molecule has 0 aromatic rings. The van der Waals surface area contributed by atoms with E-state index in [-0.39, 0.29) is 19.6 Å². The molecule has 0 aromatic carbocycles. The fourth-order valence-electron chi connectivity index (χ4n) is 1.11. The van der Waals surface area contributed by atoms with Crippen LogP contribution >= 0.6 is 0 Å². The van der Waals surface area contributed by atoms with Crippen LogP contribution in [0.2, 0.25) is 0 Å². The van der Waals surface area contributed by atoms with Gasteiger partial charge in [-0.1, -0.05) is 0 Å². The summed E-state index contributed by atoms with van der Waals surface area (Å²) in [6.45, 7) is -1.09. The first-order chi connectivity index (χ1) is 7.54. The minimum Gasteiger partial charge on any atom is -0.394 e. The molecule has 1 saturated heterocycles. The molecule has 1 aliphatic heterocycles. The molecular formula is C8H13N3O5. The third-order valence-electron chi connectivity index (χ3n) is 1.98.